The van der Waals surface area contributed by atoms with Crippen LogP contribution in [0, 0.1) is 0 Å². The second kappa shape index (κ2) is 4.55. The highest BCUT2D eigenvalue weighted by Gasteiger charge is 2.18. The van der Waals surface area contributed by atoms with Crippen molar-refractivity contribution < 1.29 is 9.57 Å². The fraction of sp³-hybridized carbons (Fsp3) is 0.455. The summed E-state index contributed by atoms with van der Waals surface area (Å²) in [6.07, 6.45) is 0.887. The number of hydrogen-bond acceptors (Lipinski definition) is 3. The Kier molecular flexibility index (Phi) is 3.14. The van der Waals surface area contributed by atoms with Gasteiger partial charge in [0.25, 0.3) is 0 Å². The topological polar surface area (TPSA) is 30.5 Å². The summed E-state index contributed by atoms with van der Waals surface area (Å²) in [6, 6.07) is 10.2. The second-order valence-electron chi connectivity index (χ2n) is 3.40. The molecule has 0 spiro atoms. The van der Waals surface area contributed by atoms with Crippen LogP contribution >= 0.6 is 0 Å². The van der Waals surface area contributed by atoms with Crippen molar-refractivity contribution in [1.29, 1.82) is 0 Å². The minimum atomic E-state index is -0.192. The Hall–Kier alpha value is -0.900. The standard InChI is InChI=1S/C11H15NO2/c1-9-13-11(7-8-12-14-9)10-5-3-2-4-6-10/h2-6,9,11-12H,7-8H2,1H3. The van der Waals surface area contributed by atoms with E-state index in [0.29, 0.717) is 0 Å². The van der Waals surface area contributed by atoms with Gasteiger partial charge < -0.3 is 4.74 Å². The zero-order valence-electron chi connectivity index (χ0n) is 8.27. The molecule has 1 heterocycles. The van der Waals surface area contributed by atoms with E-state index in [1.54, 1.807) is 0 Å². The summed E-state index contributed by atoms with van der Waals surface area (Å²) < 4.78 is 5.71. The maximum absolute atomic E-state index is 5.71. The molecule has 1 aliphatic rings. The Balaban J connectivity index is 2.09. The van der Waals surface area contributed by atoms with Gasteiger partial charge in [0.1, 0.15) is 0 Å². The van der Waals surface area contributed by atoms with Gasteiger partial charge in [0.15, 0.2) is 6.29 Å². The molecule has 2 unspecified atom stereocenters. The lowest BCUT2D eigenvalue weighted by atomic mass is 10.1. The Morgan fingerprint density at radius 3 is 2.86 bits per heavy atom. The van der Waals surface area contributed by atoms with Crippen LogP contribution in [0.4, 0.5) is 0 Å². The number of hydrogen-bond donors (Lipinski definition) is 1. The average Bonchev–Trinajstić information content (AvgIpc) is 2.44. The molecular formula is C11H15NO2. The van der Waals surface area contributed by atoms with Crippen LogP contribution < -0.4 is 5.48 Å². The van der Waals surface area contributed by atoms with E-state index in [-0.39, 0.29) is 12.4 Å². The van der Waals surface area contributed by atoms with Gasteiger partial charge in [-0.2, -0.15) is 5.48 Å². The Labute approximate surface area is 84.0 Å². The molecule has 2 atom stereocenters. The van der Waals surface area contributed by atoms with E-state index >= 15 is 0 Å². The van der Waals surface area contributed by atoms with Gasteiger partial charge in [-0.15, -0.1) is 0 Å². The first-order chi connectivity index (χ1) is 6.86. The quantitative estimate of drug-likeness (QED) is 0.740. The number of hydroxylamine groups is 1. The number of rotatable bonds is 1. The predicted octanol–water partition coefficient (Wildman–Crippen LogP) is 2.02. The van der Waals surface area contributed by atoms with Crippen molar-refractivity contribution in [3.05, 3.63) is 35.9 Å². The van der Waals surface area contributed by atoms with E-state index in [9.17, 15) is 0 Å². The third-order valence-corrected chi connectivity index (χ3v) is 2.29. The van der Waals surface area contributed by atoms with Crippen molar-refractivity contribution in [2.75, 3.05) is 6.54 Å². The van der Waals surface area contributed by atoms with E-state index < -0.39 is 0 Å². The van der Waals surface area contributed by atoms with Gasteiger partial charge >= 0.3 is 0 Å². The van der Waals surface area contributed by atoms with Gasteiger partial charge in [-0.05, 0) is 18.9 Å². The van der Waals surface area contributed by atoms with Crippen LogP contribution in [-0.4, -0.2) is 12.8 Å². The van der Waals surface area contributed by atoms with Gasteiger partial charge in [0, 0.05) is 6.54 Å². The summed E-state index contributed by atoms with van der Waals surface area (Å²) in [5.41, 5.74) is 4.09. The maximum atomic E-state index is 5.71. The normalized spacial score (nSPS) is 28.4. The summed E-state index contributed by atoms with van der Waals surface area (Å²) >= 11 is 0. The first-order valence-corrected chi connectivity index (χ1v) is 4.95. The van der Waals surface area contributed by atoms with E-state index in [1.807, 2.05) is 25.1 Å². The largest absolute Gasteiger partial charge is 0.343 e. The number of ether oxygens (including phenoxy) is 1. The van der Waals surface area contributed by atoms with Crippen molar-refractivity contribution in [1.82, 2.24) is 5.48 Å². The molecule has 1 fully saturated rings. The summed E-state index contributed by atoms with van der Waals surface area (Å²) in [5, 5.41) is 0. The molecule has 14 heavy (non-hydrogen) atoms. The van der Waals surface area contributed by atoms with Crippen molar-refractivity contribution in [2.45, 2.75) is 25.7 Å². The van der Waals surface area contributed by atoms with Crippen molar-refractivity contribution in [3.63, 3.8) is 0 Å². The highest BCUT2D eigenvalue weighted by atomic mass is 16.8. The molecule has 2 rings (SSSR count). The van der Waals surface area contributed by atoms with Crippen LogP contribution in [0.15, 0.2) is 30.3 Å². The summed E-state index contributed by atoms with van der Waals surface area (Å²) in [5.74, 6) is 0. The lowest BCUT2D eigenvalue weighted by Gasteiger charge is -2.17. The number of nitrogens with one attached hydrogen (secondary N) is 1. The van der Waals surface area contributed by atoms with Crippen LogP contribution in [-0.2, 0) is 9.57 Å². The van der Waals surface area contributed by atoms with Crippen molar-refractivity contribution in [3.8, 4) is 0 Å². The molecule has 0 radical (unpaired) electrons. The van der Waals surface area contributed by atoms with E-state index in [4.69, 9.17) is 9.57 Å². The molecule has 0 saturated carbocycles. The lowest BCUT2D eigenvalue weighted by molar-refractivity contribution is -0.173. The van der Waals surface area contributed by atoms with Crippen LogP contribution in [0.25, 0.3) is 0 Å². The minimum Gasteiger partial charge on any atom is -0.343 e. The SMILES string of the molecule is CC1ONCCC(c2ccccc2)O1. The molecule has 76 valence electrons. The highest BCUT2D eigenvalue weighted by Crippen LogP contribution is 2.23. The first-order valence-electron chi connectivity index (χ1n) is 4.95. The van der Waals surface area contributed by atoms with Crippen molar-refractivity contribution in [2.24, 2.45) is 0 Å². The molecule has 3 nitrogen and oxygen atoms in total. The third-order valence-electron chi connectivity index (χ3n) is 2.29. The Morgan fingerprint density at radius 2 is 2.07 bits per heavy atom. The summed E-state index contributed by atoms with van der Waals surface area (Å²) in [7, 11) is 0. The predicted molar refractivity (Wildman–Crippen MR) is 53.4 cm³/mol. The van der Waals surface area contributed by atoms with Gasteiger partial charge in [-0.25, -0.2) is 0 Å². The lowest BCUT2D eigenvalue weighted by Crippen LogP contribution is -2.19. The second-order valence-corrected chi connectivity index (χ2v) is 3.40. The van der Waals surface area contributed by atoms with Gasteiger partial charge in [-0.1, -0.05) is 30.3 Å². The molecule has 0 aromatic heterocycles. The fourth-order valence-corrected chi connectivity index (χ4v) is 1.61. The zero-order chi connectivity index (χ0) is 9.80. The molecule has 1 N–H and O–H groups in total. The molecule has 0 amide bonds. The molecule has 1 aliphatic heterocycles. The van der Waals surface area contributed by atoms with Gasteiger partial charge in [0.05, 0.1) is 6.10 Å². The molecular weight excluding hydrogens is 178 g/mol. The monoisotopic (exact) mass is 193 g/mol. The fourth-order valence-electron chi connectivity index (χ4n) is 1.61. The maximum Gasteiger partial charge on any atom is 0.175 e. The molecule has 1 aromatic carbocycles. The molecule has 3 heteroatoms. The van der Waals surface area contributed by atoms with Gasteiger partial charge in [0.2, 0.25) is 0 Å². The zero-order valence-corrected chi connectivity index (χ0v) is 8.27. The molecule has 0 aliphatic carbocycles. The first kappa shape index (κ1) is 9.65. The van der Waals surface area contributed by atoms with E-state index in [2.05, 4.69) is 17.6 Å². The van der Waals surface area contributed by atoms with Crippen LogP contribution in [0.2, 0.25) is 0 Å². The van der Waals surface area contributed by atoms with Crippen LogP contribution in [0.5, 0.6) is 0 Å². The Bertz CT molecular complexity index is 276. The third kappa shape index (κ3) is 2.32. The van der Waals surface area contributed by atoms with E-state index in [0.717, 1.165) is 13.0 Å². The van der Waals surface area contributed by atoms with Crippen molar-refractivity contribution >= 4 is 0 Å². The average molecular weight is 193 g/mol. The van der Waals surface area contributed by atoms with E-state index in [1.165, 1.54) is 5.56 Å². The molecule has 1 aromatic rings. The smallest absolute Gasteiger partial charge is 0.175 e. The summed E-state index contributed by atoms with van der Waals surface area (Å²) in [6.45, 7) is 2.72. The molecule has 1 saturated heterocycles. The minimum absolute atomic E-state index is 0.140. The molecule has 0 bridgehead atoms. The number of benzene rings is 1. The van der Waals surface area contributed by atoms with Gasteiger partial charge in [-0.3, -0.25) is 4.84 Å². The highest BCUT2D eigenvalue weighted by molar-refractivity contribution is 5.17. The van der Waals surface area contributed by atoms with Crippen LogP contribution in [0.1, 0.15) is 25.0 Å². The Morgan fingerprint density at radius 1 is 1.29 bits per heavy atom. The van der Waals surface area contributed by atoms with Crippen LogP contribution in [0.3, 0.4) is 0 Å². The summed E-state index contributed by atoms with van der Waals surface area (Å²) in [4.78, 5) is 5.18.